The van der Waals surface area contributed by atoms with E-state index in [1.165, 1.54) is 0 Å². The number of rotatable bonds is 3. The van der Waals surface area contributed by atoms with E-state index in [1.54, 1.807) is 37.3 Å². The molecule has 0 aliphatic heterocycles. The number of carbonyl (C=O) groups is 1. The van der Waals surface area contributed by atoms with Crippen LogP contribution in [-0.2, 0) is 4.79 Å². The molecule has 0 fully saturated rings. The Bertz CT molecular complexity index is 931. The molecule has 3 aromatic rings. The number of nitrogens with zero attached hydrogens (tertiary/aromatic N) is 1. The lowest BCUT2D eigenvalue weighted by Crippen LogP contribution is -2.17. The fraction of sp³-hybridized carbons (Fsp3) is 0.222. The minimum Gasteiger partial charge on any atom is -0.507 e. The smallest absolute Gasteiger partial charge is 0.231 e. The number of aromatic nitrogens is 1. The molecule has 0 aliphatic rings. The monoisotopic (exact) mass is 344 g/mol. The van der Waals surface area contributed by atoms with Crippen molar-refractivity contribution >= 4 is 34.3 Å². The van der Waals surface area contributed by atoms with Gasteiger partial charge in [0.05, 0.1) is 5.56 Å². The van der Waals surface area contributed by atoms with Gasteiger partial charge in [0.1, 0.15) is 11.3 Å². The van der Waals surface area contributed by atoms with Crippen LogP contribution >= 0.6 is 11.6 Å². The van der Waals surface area contributed by atoms with Crippen molar-refractivity contribution in [1.82, 2.24) is 4.98 Å². The van der Waals surface area contributed by atoms with E-state index < -0.39 is 0 Å². The van der Waals surface area contributed by atoms with E-state index in [2.05, 4.69) is 10.3 Å². The molecule has 0 bridgehead atoms. The van der Waals surface area contributed by atoms with Gasteiger partial charge in [-0.05, 0) is 42.8 Å². The van der Waals surface area contributed by atoms with Gasteiger partial charge >= 0.3 is 0 Å². The molecule has 1 heterocycles. The predicted octanol–water partition coefficient (Wildman–Crippen LogP) is 4.76. The van der Waals surface area contributed by atoms with Gasteiger partial charge in [0.2, 0.25) is 11.8 Å². The lowest BCUT2D eigenvalue weighted by Gasteiger charge is -2.11. The second kappa shape index (κ2) is 6.17. The third-order valence-electron chi connectivity index (χ3n) is 3.67. The van der Waals surface area contributed by atoms with Crippen LogP contribution < -0.4 is 5.32 Å². The number of hydrogen-bond donors (Lipinski definition) is 2. The van der Waals surface area contributed by atoms with Crippen molar-refractivity contribution in [3.05, 3.63) is 40.9 Å². The number of nitrogens with one attached hydrogen (secondary N) is 1. The Morgan fingerprint density at radius 2 is 2.04 bits per heavy atom. The molecular weight excluding hydrogens is 328 g/mol. The fourth-order valence-electron chi connectivity index (χ4n) is 2.32. The number of phenols is 1. The second-order valence-electron chi connectivity index (χ2n) is 5.96. The molecule has 124 valence electrons. The first-order valence-electron chi connectivity index (χ1n) is 7.56. The molecular formula is C18H17ClN2O3. The van der Waals surface area contributed by atoms with Gasteiger partial charge in [-0.3, -0.25) is 4.79 Å². The highest BCUT2D eigenvalue weighted by molar-refractivity contribution is 6.31. The average molecular weight is 345 g/mol. The molecule has 0 spiro atoms. The van der Waals surface area contributed by atoms with Crippen LogP contribution in [0.4, 0.5) is 5.69 Å². The van der Waals surface area contributed by atoms with Gasteiger partial charge in [-0.1, -0.05) is 25.4 Å². The molecule has 6 heteroatoms. The zero-order chi connectivity index (χ0) is 17.4. The molecule has 0 radical (unpaired) electrons. The van der Waals surface area contributed by atoms with Gasteiger partial charge < -0.3 is 14.8 Å². The Morgan fingerprint density at radius 3 is 2.75 bits per heavy atom. The highest BCUT2D eigenvalue weighted by Gasteiger charge is 2.17. The number of oxazole rings is 1. The fourth-order valence-corrected chi connectivity index (χ4v) is 2.48. The standard InChI is InChI=1S/C18H17ClN2O3/c1-9(2)17(23)20-12-6-10(3)16(22)13(8-12)18-21-14-7-11(19)4-5-15(14)24-18/h4-9,22H,1-3H3,(H,20,23). The largest absolute Gasteiger partial charge is 0.507 e. The Labute approximate surface area is 144 Å². The zero-order valence-electron chi connectivity index (χ0n) is 13.6. The Kier molecular flexibility index (Phi) is 4.20. The molecule has 2 N–H and O–H groups in total. The number of phenolic OH excluding ortho intramolecular Hbond substituents is 1. The maximum atomic E-state index is 11.9. The van der Waals surface area contributed by atoms with Gasteiger partial charge in [-0.15, -0.1) is 0 Å². The summed E-state index contributed by atoms with van der Waals surface area (Å²) in [6.45, 7) is 5.38. The molecule has 1 amide bonds. The number of fused-ring (bicyclic) bond motifs is 1. The summed E-state index contributed by atoms with van der Waals surface area (Å²) in [6.07, 6.45) is 0. The van der Waals surface area contributed by atoms with E-state index >= 15 is 0 Å². The lowest BCUT2D eigenvalue weighted by molar-refractivity contribution is -0.118. The van der Waals surface area contributed by atoms with Crippen LogP contribution in [0.1, 0.15) is 19.4 Å². The number of carbonyl (C=O) groups excluding carboxylic acids is 1. The molecule has 0 saturated heterocycles. The maximum absolute atomic E-state index is 11.9. The first-order valence-corrected chi connectivity index (χ1v) is 7.94. The van der Waals surface area contributed by atoms with Gasteiger partial charge in [-0.2, -0.15) is 0 Å². The molecule has 3 rings (SSSR count). The molecule has 0 atom stereocenters. The van der Waals surface area contributed by atoms with Gasteiger partial charge in [0.15, 0.2) is 5.58 Å². The third kappa shape index (κ3) is 3.08. The summed E-state index contributed by atoms with van der Waals surface area (Å²) in [4.78, 5) is 16.3. The van der Waals surface area contributed by atoms with Crippen LogP contribution in [0.15, 0.2) is 34.7 Å². The van der Waals surface area contributed by atoms with E-state index in [0.717, 1.165) is 0 Å². The van der Waals surface area contributed by atoms with Crippen LogP contribution in [0.2, 0.25) is 5.02 Å². The molecule has 24 heavy (non-hydrogen) atoms. The van der Waals surface area contributed by atoms with Crippen molar-refractivity contribution < 1.29 is 14.3 Å². The van der Waals surface area contributed by atoms with E-state index in [0.29, 0.717) is 32.9 Å². The van der Waals surface area contributed by atoms with Crippen LogP contribution in [0.5, 0.6) is 5.75 Å². The minimum absolute atomic E-state index is 0.0650. The highest BCUT2D eigenvalue weighted by atomic mass is 35.5. The normalized spacial score (nSPS) is 11.2. The topological polar surface area (TPSA) is 75.4 Å². The summed E-state index contributed by atoms with van der Waals surface area (Å²) >= 11 is 5.96. The maximum Gasteiger partial charge on any atom is 0.231 e. The Morgan fingerprint density at radius 1 is 1.29 bits per heavy atom. The van der Waals surface area contributed by atoms with Crippen LogP contribution in [0, 0.1) is 12.8 Å². The number of amides is 1. The number of aromatic hydroxyl groups is 1. The zero-order valence-corrected chi connectivity index (χ0v) is 14.3. The van der Waals surface area contributed by atoms with Crippen molar-refractivity contribution in [2.75, 3.05) is 5.32 Å². The van der Waals surface area contributed by atoms with Crippen molar-refractivity contribution in [2.45, 2.75) is 20.8 Å². The van der Waals surface area contributed by atoms with Crippen molar-refractivity contribution in [3.63, 3.8) is 0 Å². The average Bonchev–Trinajstić information content (AvgIpc) is 2.93. The quantitative estimate of drug-likeness (QED) is 0.672. The molecule has 0 unspecified atom stereocenters. The lowest BCUT2D eigenvalue weighted by atomic mass is 10.1. The Hall–Kier alpha value is -2.53. The second-order valence-corrected chi connectivity index (χ2v) is 6.40. The highest BCUT2D eigenvalue weighted by Crippen LogP contribution is 2.36. The summed E-state index contributed by atoms with van der Waals surface area (Å²) in [7, 11) is 0. The van der Waals surface area contributed by atoms with Crippen molar-refractivity contribution in [1.29, 1.82) is 0 Å². The van der Waals surface area contributed by atoms with Gasteiger partial charge in [-0.25, -0.2) is 4.98 Å². The molecule has 0 aliphatic carbocycles. The first kappa shape index (κ1) is 16.3. The summed E-state index contributed by atoms with van der Waals surface area (Å²) < 4.78 is 5.71. The van der Waals surface area contributed by atoms with Gasteiger partial charge in [0, 0.05) is 16.6 Å². The van der Waals surface area contributed by atoms with E-state index in [4.69, 9.17) is 16.0 Å². The molecule has 2 aromatic carbocycles. The van der Waals surface area contributed by atoms with Crippen LogP contribution in [0.25, 0.3) is 22.6 Å². The molecule has 0 saturated carbocycles. The van der Waals surface area contributed by atoms with Crippen LogP contribution in [0.3, 0.4) is 0 Å². The number of aryl methyl sites for hydroxylation is 1. The van der Waals surface area contributed by atoms with E-state index in [-0.39, 0.29) is 23.5 Å². The van der Waals surface area contributed by atoms with E-state index in [9.17, 15) is 9.90 Å². The number of halogens is 1. The van der Waals surface area contributed by atoms with Gasteiger partial charge in [0.25, 0.3) is 0 Å². The van der Waals surface area contributed by atoms with Crippen molar-refractivity contribution in [2.24, 2.45) is 5.92 Å². The summed E-state index contributed by atoms with van der Waals surface area (Å²) in [5.74, 6) is 0.0909. The third-order valence-corrected chi connectivity index (χ3v) is 3.91. The summed E-state index contributed by atoms with van der Waals surface area (Å²) in [6, 6.07) is 8.48. The number of anilines is 1. The Balaban J connectivity index is 2.08. The van der Waals surface area contributed by atoms with Crippen molar-refractivity contribution in [3.8, 4) is 17.2 Å². The van der Waals surface area contributed by atoms with Crippen LogP contribution in [-0.4, -0.2) is 16.0 Å². The SMILES string of the molecule is Cc1cc(NC(=O)C(C)C)cc(-c2nc3cc(Cl)ccc3o2)c1O. The summed E-state index contributed by atoms with van der Waals surface area (Å²) in [5.41, 5.74) is 2.79. The predicted molar refractivity (Wildman–Crippen MR) is 94.3 cm³/mol. The number of benzene rings is 2. The minimum atomic E-state index is -0.144. The molecule has 1 aromatic heterocycles. The molecule has 5 nitrogen and oxygen atoms in total. The number of hydrogen-bond acceptors (Lipinski definition) is 4. The van der Waals surface area contributed by atoms with E-state index in [1.807, 2.05) is 13.8 Å². The first-order chi connectivity index (χ1) is 11.3. The summed E-state index contributed by atoms with van der Waals surface area (Å²) in [5, 5.41) is 13.7.